The van der Waals surface area contributed by atoms with Crippen LogP contribution >= 0.6 is 0 Å². The second-order valence-electron chi connectivity index (χ2n) is 5.40. The molecule has 0 spiro atoms. The Bertz CT molecular complexity index is 957. The summed E-state index contributed by atoms with van der Waals surface area (Å²) in [5.41, 5.74) is 5.41. The van der Waals surface area contributed by atoms with Gasteiger partial charge in [-0.05, 0) is 68.0 Å². The molecule has 0 aliphatic heterocycles. The average Bonchev–Trinajstić information content (AvgIpc) is 2.88. The number of aromatic nitrogens is 2. The molecule has 4 heteroatoms. The Kier molecular flexibility index (Phi) is 3.78. The largest absolute Gasteiger partial charge is 0.312 e. The molecule has 3 aromatic rings. The molecule has 2 aromatic heterocycles. The maximum atomic E-state index is 11.1. The summed E-state index contributed by atoms with van der Waals surface area (Å²) in [5, 5.41) is 8.92. The van der Waals surface area contributed by atoms with E-state index < -0.39 is 0 Å². The fraction of sp³-hybridized carbons (Fsp3) is 0.105. The summed E-state index contributed by atoms with van der Waals surface area (Å²) in [6.45, 7) is 3.54. The number of benzene rings is 1. The van der Waals surface area contributed by atoms with Gasteiger partial charge in [0.2, 0.25) is 0 Å². The smallest absolute Gasteiger partial charge is 0.152 e. The Morgan fingerprint density at radius 2 is 2.00 bits per heavy atom. The highest BCUT2D eigenvalue weighted by molar-refractivity contribution is 5.92. The first kappa shape index (κ1) is 14.7. The van der Waals surface area contributed by atoms with Gasteiger partial charge in [0.15, 0.2) is 5.78 Å². The predicted molar refractivity (Wildman–Crippen MR) is 90.2 cm³/mol. The minimum atomic E-state index is 0.00347. The number of ketones is 1. The van der Waals surface area contributed by atoms with Crippen molar-refractivity contribution in [3.05, 3.63) is 65.5 Å². The van der Waals surface area contributed by atoms with Crippen molar-refractivity contribution < 1.29 is 4.79 Å². The molecule has 4 nitrogen and oxygen atoms in total. The van der Waals surface area contributed by atoms with E-state index in [1.807, 2.05) is 31.2 Å². The van der Waals surface area contributed by atoms with Gasteiger partial charge in [-0.3, -0.25) is 9.78 Å². The molecule has 1 aromatic carbocycles. The summed E-state index contributed by atoms with van der Waals surface area (Å²) in [6.07, 6.45) is 5.05. The van der Waals surface area contributed by atoms with Crippen LogP contribution in [0.2, 0.25) is 0 Å². The van der Waals surface area contributed by atoms with Gasteiger partial charge in [0.1, 0.15) is 0 Å². The SMILES string of the molecule is CC(=O)/C=C/c1cnc2cc(C)n(-c3ccc(C#N)cc3)c2c1. The van der Waals surface area contributed by atoms with Crippen molar-refractivity contribution >= 4 is 22.9 Å². The van der Waals surface area contributed by atoms with Crippen LogP contribution in [-0.4, -0.2) is 15.3 Å². The molecular formula is C19H15N3O. The van der Waals surface area contributed by atoms with Gasteiger partial charge in [0.05, 0.1) is 22.7 Å². The average molecular weight is 301 g/mol. The van der Waals surface area contributed by atoms with E-state index >= 15 is 0 Å². The van der Waals surface area contributed by atoms with E-state index in [0.29, 0.717) is 5.56 Å². The first-order chi connectivity index (χ1) is 11.1. The minimum Gasteiger partial charge on any atom is -0.312 e. The Hall–Kier alpha value is -3.19. The van der Waals surface area contributed by atoms with Crippen LogP contribution in [-0.2, 0) is 4.79 Å². The lowest BCUT2D eigenvalue weighted by molar-refractivity contribution is -0.112. The third-order valence-electron chi connectivity index (χ3n) is 3.62. The summed E-state index contributed by atoms with van der Waals surface area (Å²) in [5.74, 6) is 0.00347. The van der Waals surface area contributed by atoms with Crippen LogP contribution in [0.5, 0.6) is 0 Å². The van der Waals surface area contributed by atoms with Crippen LogP contribution in [0.1, 0.15) is 23.7 Å². The van der Waals surface area contributed by atoms with E-state index in [4.69, 9.17) is 5.26 Å². The van der Waals surface area contributed by atoms with E-state index in [-0.39, 0.29) is 5.78 Å². The molecule has 0 N–H and O–H groups in total. The monoisotopic (exact) mass is 301 g/mol. The van der Waals surface area contributed by atoms with Crippen LogP contribution in [0.3, 0.4) is 0 Å². The number of nitriles is 1. The molecule has 0 atom stereocenters. The molecule has 112 valence electrons. The van der Waals surface area contributed by atoms with Crippen LogP contribution in [0, 0.1) is 18.3 Å². The summed E-state index contributed by atoms with van der Waals surface area (Å²) in [7, 11) is 0. The second kappa shape index (κ2) is 5.90. The van der Waals surface area contributed by atoms with Gasteiger partial charge in [0, 0.05) is 17.6 Å². The van der Waals surface area contributed by atoms with Crippen LogP contribution in [0.4, 0.5) is 0 Å². The van der Waals surface area contributed by atoms with Crippen LogP contribution < -0.4 is 0 Å². The van der Waals surface area contributed by atoms with Crippen molar-refractivity contribution in [2.45, 2.75) is 13.8 Å². The van der Waals surface area contributed by atoms with Gasteiger partial charge >= 0.3 is 0 Å². The summed E-state index contributed by atoms with van der Waals surface area (Å²) in [4.78, 5) is 15.6. The molecule has 0 radical (unpaired) electrons. The Labute approximate surface area is 134 Å². The van der Waals surface area contributed by atoms with Gasteiger partial charge < -0.3 is 4.57 Å². The number of carbonyl (C=O) groups excluding carboxylic acids is 1. The number of aryl methyl sites for hydroxylation is 1. The number of hydrogen-bond acceptors (Lipinski definition) is 3. The number of rotatable bonds is 3. The van der Waals surface area contributed by atoms with E-state index in [9.17, 15) is 4.79 Å². The lowest BCUT2D eigenvalue weighted by Crippen LogP contribution is -1.96. The first-order valence-corrected chi connectivity index (χ1v) is 7.26. The van der Waals surface area contributed by atoms with Crippen molar-refractivity contribution in [2.24, 2.45) is 0 Å². The van der Waals surface area contributed by atoms with Gasteiger partial charge in [-0.2, -0.15) is 5.26 Å². The number of nitrogens with zero attached hydrogens (tertiary/aromatic N) is 3. The number of pyridine rings is 1. The third kappa shape index (κ3) is 2.90. The zero-order valence-corrected chi connectivity index (χ0v) is 12.9. The highest BCUT2D eigenvalue weighted by atomic mass is 16.1. The molecule has 3 rings (SSSR count). The lowest BCUT2D eigenvalue weighted by Gasteiger charge is -2.08. The molecule has 0 aliphatic carbocycles. The Morgan fingerprint density at radius 3 is 2.65 bits per heavy atom. The van der Waals surface area contributed by atoms with Gasteiger partial charge in [-0.25, -0.2) is 0 Å². The van der Waals surface area contributed by atoms with E-state index in [2.05, 4.69) is 15.6 Å². The van der Waals surface area contributed by atoms with E-state index in [0.717, 1.165) is 28.0 Å². The lowest BCUT2D eigenvalue weighted by atomic mass is 10.2. The minimum absolute atomic E-state index is 0.00347. The van der Waals surface area contributed by atoms with Crippen LogP contribution in [0.25, 0.3) is 22.8 Å². The van der Waals surface area contributed by atoms with Gasteiger partial charge in [-0.1, -0.05) is 0 Å². The number of hydrogen-bond donors (Lipinski definition) is 0. The predicted octanol–water partition coefficient (Wildman–Crippen LogP) is 3.81. The molecule has 0 saturated carbocycles. The quantitative estimate of drug-likeness (QED) is 0.691. The third-order valence-corrected chi connectivity index (χ3v) is 3.62. The molecule has 0 fully saturated rings. The zero-order chi connectivity index (χ0) is 16.4. The van der Waals surface area contributed by atoms with Gasteiger partial charge in [0.25, 0.3) is 0 Å². The first-order valence-electron chi connectivity index (χ1n) is 7.26. The summed E-state index contributed by atoms with van der Waals surface area (Å²) in [6, 6.07) is 13.6. The molecule has 0 aliphatic rings. The number of fused-ring (bicyclic) bond motifs is 1. The molecule has 0 saturated heterocycles. The van der Waals surface area contributed by atoms with Crippen molar-refractivity contribution in [2.75, 3.05) is 0 Å². The number of carbonyl (C=O) groups is 1. The van der Waals surface area contributed by atoms with E-state index in [1.54, 1.807) is 24.4 Å². The second-order valence-corrected chi connectivity index (χ2v) is 5.40. The Balaban J connectivity index is 2.15. The fourth-order valence-corrected chi connectivity index (χ4v) is 2.55. The maximum Gasteiger partial charge on any atom is 0.152 e. The normalized spacial score (nSPS) is 11.0. The standard InChI is InChI=1S/C19H15N3O/c1-13-9-18-19(10-16(12-21-18)4-3-14(2)23)22(13)17-7-5-15(11-20)6-8-17/h3-10,12H,1-2H3/b4-3+. The Morgan fingerprint density at radius 1 is 1.26 bits per heavy atom. The number of allylic oxidation sites excluding steroid dienone is 1. The van der Waals surface area contributed by atoms with Gasteiger partial charge in [-0.15, -0.1) is 0 Å². The highest BCUT2D eigenvalue weighted by Crippen LogP contribution is 2.24. The van der Waals surface area contributed by atoms with Crippen molar-refractivity contribution in [3.63, 3.8) is 0 Å². The van der Waals surface area contributed by atoms with Crippen molar-refractivity contribution in [3.8, 4) is 11.8 Å². The maximum absolute atomic E-state index is 11.1. The van der Waals surface area contributed by atoms with E-state index in [1.165, 1.54) is 13.0 Å². The molecule has 0 amide bonds. The summed E-state index contributed by atoms with van der Waals surface area (Å²) >= 11 is 0. The van der Waals surface area contributed by atoms with Crippen molar-refractivity contribution in [1.82, 2.24) is 9.55 Å². The van der Waals surface area contributed by atoms with Crippen molar-refractivity contribution in [1.29, 1.82) is 5.26 Å². The molecule has 23 heavy (non-hydrogen) atoms. The fourth-order valence-electron chi connectivity index (χ4n) is 2.55. The molecule has 2 heterocycles. The zero-order valence-electron chi connectivity index (χ0n) is 12.9. The molecule has 0 bridgehead atoms. The topological polar surface area (TPSA) is 58.7 Å². The summed E-state index contributed by atoms with van der Waals surface area (Å²) < 4.78 is 2.09. The molecule has 0 unspecified atom stereocenters. The highest BCUT2D eigenvalue weighted by Gasteiger charge is 2.09. The molecular weight excluding hydrogens is 286 g/mol. The van der Waals surface area contributed by atoms with Crippen LogP contribution in [0.15, 0.2) is 48.7 Å².